The Morgan fingerprint density at radius 2 is 1.83 bits per heavy atom. The minimum atomic E-state index is -0.788. The summed E-state index contributed by atoms with van der Waals surface area (Å²) in [6, 6.07) is 10.0. The quantitative estimate of drug-likeness (QED) is 0.587. The molecule has 0 unspecified atom stereocenters. The zero-order valence-electron chi connectivity index (χ0n) is 13.1. The van der Waals surface area contributed by atoms with Crippen LogP contribution in [0.25, 0.3) is 0 Å². The van der Waals surface area contributed by atoms with Gasteiger partial charge in [-0.15, -0.1) is 0 Å². The number of hydrogen-bond donors (Lipinski definition) is 3. The number of halogens is 2. The molecule has 0 radical (unpaired) electrons. The van der Waals surface area contributed by atoms with Gasteiger partial charge in [0.25, 0.3) is 5.91 Å². The molecular weight excluding hydrogens is 334 g/mol. The summed E-state index contributed by atoms with van der Waals surface area (Å²) in [4.78, 5) is 14.0. The number of anilines is 2. The van der Waals surface area contributed by atoms with Gasteiger partial charge in [-0.25, -0.2) is 8.78 Å². The van der Waals surface area contributed by atoms with Crippen LogP contribution in [0, 0.1) is 11.6 Å². The smallest absolute Gasteiger partial charge is 0.269 e. The number of nitrogens with one attached hydrogen (secondary N) is 3. The maximum absolute atomic E-state index is 13.5. The summed E-state index contributed by atoms with van der Waals surface area (Å²) in [5, 5.41) is 2.50. The molecule has 0 aliphatic rings. The number of amides is 1. The predicted octanol–water partition coefficient (Wildman–Crippen LogP) is 2.66. The number of benzene rings is 2. The van der Waals surface area contributed by atoms with Gasteiger partial charge in [0.15, 0.2) is 5.11 Å². The number of rotatable bonds is 3. The van der Waals surface area contributed by atoms with Gasteiger partial charge < -0.3 is 10.2 Å². The van der Waals surface area contributed by atoms with Crippen LogP contribution in [0.5, 0.6) is 0 Å². The fraction of sp³-hybridized carbons (Fsp3) is 0.125. The maximum Gasteiger partial charge on any atom is 0.269 e. The van der Waals surface area contributed by atoms with E-state index in [0.29, 0.717) is 5.56 Å². The zero-order chi connectivity index (χ0) is 17.7. The summed E-state index contributed by atoms with van der Waals surface area (Å²) in [5.74, 6) is -1.88. The minimum absolute atomic E-state index is 0.00208. The molecule has 2 aromatic rings. The van der Waals surface area contributed by atoms with Crippen LogP contribution >= 0.6 is 12.2 Å². The number of carbonyl (C=O) groups excluding carboxylic acids is 1. The third-order valence-corrected chi connectivity index (χ3v) is 3.30. The van der Waals surface area contributed by atoms with E-state index in [1.54, 1.807) is 18.2 Å². The highest BCUT2D eigenvalue weighted by Gasteiger charge is 2.09. The first kappa shape index (κ1) is 17.6. The van der Waals surface area contributed by atoms with Crippen molar-refractivity contribution >= 4 is 34.6 Å². The summed E-state index contributed by atoms with van der Waals surface area (Å²) < 4.78 is 26.4. The van der Waals surface area contributed by atoms with Gasteiger partial charge in [-0.3, -0.25) is 15.6 Å². The Kier molecular flexibility index (Phi) is 5.64. The third-order valence-electron chi connectivity index (χ3n) is 3.09. The van der Waals surface area contributed by atoms with E-state index in [0.717, 1.165) is 17.8 Å². The predicted molar refractivity (Wildman–Crippen MR) is 93.9 cm³/mol. The zero-order valence-corrected chi connectivity index (χ0v) is 13.9. The van der Waals surface area contributed by atoms with Crippen molar-refractivity contribution in [1.29, 1.82) is 0 Å². The molecule has 2 aromatic carbocycles. The second-order valence-electron chi connectivity index (χ2n) is 5.10. The Balaban J connectivity index is 1.93. The third kappa shape index (κ3) is 4.63. The van der Waals surface area contributed by atoms with Crippen molar-refractivity contribution in [2.75, 3.05) is 24.3 Å². The number of carbonyl (C=O) groups is 1. The average Bonchev–Trinajstić information content (AvgIpc) is 2.55. The number of hydrogen-bond acceptors (Lipinski definition) is 3. The van der Waals surface area contributed by atoms with Crippen LogP contribution < -0.4 is 21.1 Å². The molecular formula is C16H16F2N4OS. The Labute approximate surface area is 143 Å². The number of thiocarbonyl (C=S) groups is 1. The SMILES string of the molecule is CN(C)c1cccc(C(=O)NNC(=S)Nc2ccc(F)cc2F)c1. The van der Waals surface area contributed by atoms with Crippen molar-refractivity contribution in [2.45, 2.75) is 0 Å². The fourth-order valence-electron chi connectivity index (χ4n) is 1.86. The topological polar surface area (TPSA) is 56.4 Å². The molecule has 5 nitrogen and oxygen atoms in total. The van der Waals surface area contributed by atoms with Gasteiger partial charge in [-0.1, -0.05) is 6.07 Å². The Morgan fingerprint density at radius 3 is 2.50 bits per heavy atom. The molecule has 1 amide bonds. The van der Waals surface area contributed by atoms with Gasteiger partial charge in [0.1, 0.15) is 11.6 Å². The summed E-state index contributed by atoms with van der Waals surface area (Å²) in [5.41, 5.74) is 6.18. The largest absolute Gasteiger partial charge is 0.378 e. The number of nitrogens with zero attached hydrogens (tertiary/aromatic N) is 1. The van der Waals surface area contributed by atoms with Gasteiger partial charge in [0.2, 0.25) is 0 Å². The molecule has 0 saturated heterocycles. The van der Waals surface area contributed by atoms with Crippen molar-refractivity contribution in [3.8, 4) is 0 Å². The molecule has 0 aliphatic carbocycles. The van der Waals surface area contributed by atoms with Crippen molar-refractivity contribution < 1.29 is 13.6 Å². The first-order valence-electron chi connectivity index (χ1n) is 6.96. The van der Waals surface area contributed by atoms with Gasteiger partial charge in [-0.05, 0) is 42.5 Å². The molecule has 0 aliphatic heterocycles. The van der Waals surface area contributed by atoms with Crippen LogP contribution in [0.1, 0.15) is 10.4 Å². The van der Waals surface area contributed by atoms with Crippen LogP contribution in [0.15, 0.2) is 42.5 Å². The lowest BCUT2D eigenvalue weighted by Gasteiger charge is -2.15. The van der Waals surface area contributed by atoms with Crippen LogP contribution in [0.2, 0.25) is 0 Å². The highest BCUT2D eigenvalue weighted by Crippen LogP contribution is 2.15. The van der Waals surface area contributed by atoms with E-state index in [1.165, 1.54) is 6.07 Å². The molecule has 0 atom stereocenters. The second-order valence-corrected chi connectivity index (χ2v) is 5.51. The lowest BCUT2D eigenvalue weighted by atomic mass is 10.2. The monoisotopic (exact) mass is 350 g/mol. The fourth-order valence-corrected chi connectivity index (χ4v) is 2.02. The van der Waals surface area contributed by atoms with Crippen molar-refractivity contribution in [1.82, 2.24) is 10.9 Å². The number of hydrazine groups is 1. The minimum Gasteiger partial charge on any atom is -0.378 e. The first-order chi connectivity index (χ1) is 11.4. The van der Waals surface area contributed by atoms with Crippen LogP contribution in [-0.4, -0.2) is 25.1 Å². The molecule has 0 heterocycles. The van der Waals surface area contributed by atoms with Crippen molar-refractivity contribution in [3.05, 3.63) is 59.7 Å². The highest BCUT2D eigenvalue weighted by atomic mass is 32.1. The van der Waals surface area contributed by atoms with Gasteiger partial charge in [-0.2, -0.15) is 0 Å². The van der Waals surface area contributed by atoms with Gasteiger partial charge >= 0.3 is 0 Å². The van der Waals surface area contributed by atoms with Crippen molar-refractivity contribution in [3.63, 3.8) is 0 Å². The lowest BCUT2D eigenvalue weighted by Crippen LogP contribution is -2.43. The van der Waals surface area contributed by atoms with E-state index >= 15 is 0 Å². The van der Waals surface area contributed by atoms with Crippen LogP contribution in [0.3, 0.4) is 0 Å². The first-order valence-corrected chi connectivity index (χ1v) is 7.37. The molecule has 2 rings (SSSR count). The summed E-state index contributed by atoms with van der Waals surface area (Å²) >= 11 is 4.96. The molecule has 0 aromatic heterocycles. The summed E-state index contributed by atoms with van der Waals surface area (Å²) in [6.07, 6.45) is 0. The van der Waals surface area contributed by atoms with E-state index in [-0.39, 0.29) is 10.8 Å². The molecule has 126 valence electrons. The Morgan fingerprint density at radius 1 is 1.08 bits per heavy atom. The molecule has 0 bridgehead atoms. The van der Waals surface area contributed by atoms with Gasteiger partial charge in [0.05, 0.1) is 5.69 Å². The lowest BCUT2D eigenvalue weighted by molar-refractivity contribution is 0.0944. The second kappa shape index (κ2) is 7.69. The standard InChI is InChI=1S/C16H16F2N4OS/c1-22(2)12-5-3-4-10(8-12)15(23)20-21-16(24)19-14-7-6-11(17)9-13(14)18/h3-9H,1-2H3,(H,20,23)(H2,19,21,24). The van der Waals surface area contributed by atoms with Crippen LogP contribution in [-0.2, 0) is 0 Å². The van der Waals surface area contributed by atoms with E-state index < -0.39 is 17.5 Å². The van der Waals surface area contributed by atoms with E-state index in [9.17, 15) is 13.6 Å². The average molecular weight is 350 g/mol. The van der Waals surface area contributed by atoms with E-state index in [1.807, 2.05) is 25.1 Å². The normalized spacial score (nSPS) is 10.0. The Bertz CT molecular complexity index is 767. The molecule has 3 N–H and O–H groups in total. The molecule has 24 heavy (non-hydrogen) atoms. The molecule has 0 saturated carbocycles. The van der Waals surface area contributed by atoms with Crippen molar-refractivity contribution in [2.24, 2.45) is 0 Å². The summed E-state index contributed by atoms with van der Waals surface area (Å²) in [7, 11) is 3.73. The molecule has 0 fully saturated rings. The molecule has 0 spiro atoms. The Hall–Kier alpha value is -2.74. The maximum atomic E-state index is 13.5. The van der Waals surface area contributed by atoms with E-state index in [2.05, 4.69) is 16.2 Å². The van der Waals surface area contributed by atoms with Gasteiger partial charge in [0, 0.05) is 31.4 Å². The van der Waals surface area contributed by atoms with E-state index in [4.69, 9.17) is 12.2 Å². The summed E-state index contributed by atoms with van der Waals surface area (Å²) in [6.45, 7) is 0. The van der Waals surface area contributed by atoms with Crippen LogP contribution in [0.4, 0.5) is 20.2 Å². The highest BCUT2D eigenvalue weighted by molar-refractivity contribution is 7.80. The molecule has 8 heteroatoms.